The van der Waals surface area contributed by atoms with Gasteiger partial charge in [0.1, 0.15) is 18.6 Å². The number of anilines is 1. The lowest BCUT2D eigenvalue weighted by Crippen LogP contribution is -2.28. The van der Waals surface area contributed by atoms with E-state index in [0.717, 1.165) is 16.7 Å². The van der Waals surface area contributed by atoms with Gasteiger partial charge in [0.15, 0.2) is 11.2 Å². The zero-order valence-electron chi connectivity index (χ0n) is 13.9. The van der Waals surface area contributed by atoms with Crippen molar-refractivity contribution in [3.05, 3.63) is 40.9 Å². The first-order chi connectivity index (χ1) is 12.8. The Hall–Kier alpha value is -3.44. The molecule has 1 N–H and O–H groups in total. The third-order valence-electron chi connectivity index (χ3n) is 3.48. The van der Waals surface area contributed by atoms with Crippen LogP contribution in [0, 0.1) is 0 Å². The Morgan fingerprint density at radius 3 is 2.59 bits per heavy atom. The zero-order chi connectivity index (χ0) is 19.6. The van der Waals surface area contributed by atoms with Gasteiger partial charge in [-0.05, 0) is 31.2 Å². The Morgan fingerprint density at radius 2 is 1.96 bits per heavy atom. The van der Waals surface area contributed by atoms with Crippen LogP contribution in [0.25, 0.3) is 11.2 Å². The lowest BCUT2D eigenvalue weighted by Gasteiger charge is -2.10. The molecule has 1 aromatic carbocycles. The van der Waals surface area contributed by atoms with E-state index in [1.165, 1.54) is 23.1 Å². The highest BCUT2D eigenvalue weighted by atomic mass is 19.4. The second-order valence-electron chi connectivity index (χ2n) is 5.38. The van der Waals surface area contributed by atoms with Gasteiger partial charge in [-0.3, -0.25) is 14.2 Å². The number of hydrogen-bond donors (Lipinski definition) is 1. The summed E-state index contributed by atoms with van der Waals surface area (Å²) >= 11 is 0. The van der Waals surface area contributed by atoms with Gasteiger partial charge in [-0.25, -0.2) is 9.67 Å². The lowest BCUT2D eigenvalue weighted by molar-refractivity contribution is -0.274. The van der Waals surface area contributed by atoms with Crippen LogP contribution < -0.4 is 15.6 Å². The minimum Gasteiger partial charge on any atom is -0.406 e. The molecule has 12 heteroatoms. The van der Waals surface area contributed by atoms with Crippen molar-refractivity contribution in [2.45, 2.75) is 26.4 Å². The van der Waals surface area contributed by atoms with Gasteiger partial charge < -0.3 is 10.1 Å². The van der Waals surface area contributed by atoms with Gasteiger partial charge >= 0.3 is 6.36 Å². The first kappa shape index (κ1) is 18.4. The molecule has 1 amide bonds. The van der Waals surface area contributed by atoms with E-state index in [-0.39, 0.29) is 17.7 Å². The Labute approximate surface area is 149 Å². The number of hydrogen-bond acceptors (Lipinski definition) is 6. The van der Waals surface area contributed by atoms with Crippen molar-refractivity contribution < 1.29 is 22.7 Å². The van der Waals surface area contributed by atoms with E-state index < -0.39 is 23.6 Å². The summed E-state index contributed by atoms with van der Waals surface area (Å²) in [6.45, 7) is 1.96. The Bertz CT molecular complexity index is 1030. The second-order valence-corrected chi connectivity index (χ2v) is 5.38. The van der Waals surface area contributed by atoms with E-state index in [1.807, 2.05) is 6.92 Å². The number of carbonyl (C=O) groups excluding carboxylic acids is 1. The fraction of sp³-hybridized carbons (Fsp3) is 0.267. The highest BCUT2D eigenvalue weighted by Gasteiger charge is 2.30. The highest BCUT2D eigenvalue weighted by Crippen LogP contribution is 2.23. The van der Waals surface area contributed by atoms with Crippen molar-refractivity contribution in [1.29, 1.82) is 0 Å². The number of ether oxygens (including phenoxy) is 1. The lowest BCUT2D eigenvalue weighted by atomic mass is 10.3. The van der Waals surface area contributed by atoms with Gasteiger partial charge in [0.2, 0.25) is 5.91 Å². The summed E-state index contributed by atoms with van der Waals surface area (Å²) in [7, 11) is 0. The number of aromatic nitrogens is 5. The van der Waals surface area contributed by atoms with Gasteiger partial charge in [0, 0.05) is 12.2 Å². The van der Waals surface area contributed by atoms with Gasteiger partial charge in [0.05, 0.1) is 0 Å². The third-order valence-corrected chi connectivity index (χ3v) is 3.48. The number of aryl methyl sites for hydroxylation is 1. The van der Waals surface area contributed by atoms with Crippen LogP contribution in [0.4, 0.5) is 18.9 Å². The smallest absolute Gasteiger partial charge is 0.406 e. The fourth-order valence-corrected chi connectivity index (χ4v) is 2.31. The van der Waals surface area contributed by atoms with E-state index in [9.17, 15) is 22.8 Å². The molecule has 0 bridgehead atoms. The predicted octanol–water partition coefficient (Wildman–Crippen LogP) is 1.55. The third kappa shape index (κ3) is 4.22. The molecule has 142 valence electrons. The molecule has 3 aromatic rings. The summed E-state index contributed by atoms with van der Waals surface area (Å²) in [6.07, 6.45) is -3.59. The molecule has 0 unspecified atom stereocenters. The number of halogens is 3. The first-order valence-corrected chi connectivity index (χ1v) is 7.71. The molecule has 3 rings (SSSR count). The molecule has 0 saturated carbocycles. The molecule has 0 aliphatic rings. The second kappa shape index (κ2) is 7.05. The summed E-state index contributed by atoms with van der Waals surface area (Å²) in [4.78, 5) is 28.5. The van der Waals surface area contributed by atoms with E-state index in [2.05, 4.69) is 25.3 Å². The molecule has 2 aromatic heterocycles. The maximum absolute atomic E-state index is 12.3. The zero-order valence-corrected chi connectivity index (χ0v) is 13.9. The Kier molecular flexibility index (Phi) is 4.79. The van der Waals surface area contributed by atoms with Crippen molar-refractivity contribution in [2.75, 3.05) is 5.32 Å². The molecular weight excluding hydrogens is 369 g/mol. The topological polar surface area (TPSA) is 104 Å². The first-order valence-electron chi connectivity index (χ1n) is 7.71. The van der Waals surface area contributed by atoms with Crippen molar-refractivity contribution in [3.63, 3.8) is 0 Å². The molecule has 0 saturated heterocycles. The molecular formula is C15H13F3N6O3. The van der Waals surface area contributed by atoms with Crippen LogP contribution in [0.5, 0.6) is 5.75 Å². The van der Waals surface area contributed by atoms with Crippen molar-refractivity contribution >= 4 is 22.8 Å². The monoisotopic (exact) mass is 382 g/mol. The molecule has 27 heavy (non-hydrogen) atoms. The highest BCUT2D eigenvalue weighted by molar-refractivity contribution is 5.90. The maximum Gasteiger partial charge on any atom is 0.573 e. The Balaban J connectivity index is 1.70. The Morgan fingerprint density at radius 1 is 1.26 bits per heavy atom. The van der Waals surface area contributed by atoms with Gasteiger partial charge in [-0.2, -0.15) is 0 Å². The van der Waals surface area contributed by atoms with Gasteiger partial charge in [-0.1, -0.05) is 5.21 Å². The van der Waals surface area contributed by atoms with Crippen LogP contribution in [-0.4, -0.2) is 36.8 Å². The van der Waals surface area contributed by atoms with Crippen molar-refractivity contribution in [1.82, 2.24) is 24.5 Å². The van der Waals surface area contributed by atoms with Crippen LogP contribution in [0.1, 0.15) is 6.92 Å². The quantitative estimate of drug-likeness (QED) is 0.718. The van der Waals surface area contributed by atoms with E-state index in [1.54, 1.807) is 0 Å². The predicted molar refractivity (Wildman–Crippen MR) is 87.0 cm³/mol. The van der Waals surface area contributed by atoms with Crippen LogP contribution in [-0.2, 0) is 17.9 Å². The van der Waals surface area contributed by atoms with E-state index in [0.29, 0.717) is 12.2 Å². The maximum atomic E-state index is 12.3. The van der Waals surface area contributed by atoms with Crippen molar-refractivity contribution in [3.8, 4) is 5.75 Å². The fourth-order valence-electron chi connectivity index (χ4n) is 2.31. The number of amides is 1. The summed E-state index contributed by atoms with van der Waals surface area (Å²) in [5.41, 5.74) is 0.0810. The van der Waals surface area contributed by atoms with E-state index >= 15 is 0 Å². The largest absolute Gasteiger partial charge is 0.573 e. The van der Waals surface area contributed by atoms with Gasteiger partial charge in [-0.15, -0.1) is 18.3 Å². The van der Waals surface area contributed by atoms with Crippen LogP contribution in [0.3, 0.4) is 0 Å². The minimum absolute atomic E-state index is 0.0424. The van der Waals surface area contributed by atoms with Crippen LogP contribution >= 0.6 is 0 Å². The number of nitrogens with one attached hydrogen (secondary N) is 1. The molecule has 0 spiro atoms. The normalized spacial score (nSPS) is 11.6. The number of benzene rings is 1. The summed E-state index contributed by atoms with van der Waals surface area (Å²) in [5, 5.41) is 10.0. The summed E-state index contributed by atoms with van der Waals surface area (Å²) < 4.78 is 42.6. The molecule has 0 radical (unpaired) electrons. The van der Waals surface area contributed by atoms with Crippen LogP contribution in [0.2, 0.25) is 0 Å². The molecule has 0 aliphatic carbocycles. The number of nitrogens with zero attached hydrogens (tertiary/aromatic N) is 5. The molecule has 0 atom stereocenters. The molecule has 0 aliphatic heterocycles. The molecule has 2 heterocycles. The molecule has 9 nitrogen and oxygen atoms in total. The average Bonchev–Trinajstić information content (AvgIpc) is 3.02. The van der Waals surface area contributed by atoms with E-state index in [4.69, 9.17) is 0 Å². The van der Waals surface area contributed by atoms with Gasteiger partial charge in [0.25, 0.3) is 5.56 Å². The SMILES string of the molecule is CCn1nnc2c(=O)n(CC(=O)Nc3ccc(OC(F)(F)F)cc3)cnc21. The number of fused-ring (bicyclic) bond motifs is 1. The number of rotatable bonds is 5. The summed E-state index contributed by atoms with van der Waals surface area (Å²) in [6, 6.07) is 4.62. The number of alkyl halides is 3. The standard InChI is InChI=1S/C15H13F3N6O3/c1-2-24-13-12(21-22-24)14(26)23(8-19-13)7-11(25)20-9-3-5-10(6-4-9)27-15(16,17)18/h3-6,8H,2,7H2,1H3,(H,20,25). The average molecular weight is 382 g/mol. The van der Waals surface area contributed by atoms with Crippen LogP contribution in [0.15, 0.2) is 35.4 Å². The van der Waals surface area contributed by atoms with Crippen molar-refractivity contribution in [2.24, 2.45) is 0 Å². The number of carbonyl (C=O) groups is 1. The molecule has 0 fully saturated rings. The minimum atomic E-state index is -4.79. The summed E-state index contributed by atoms with van der Waals surface area (Å²) in [5.74, 6) is -0.976.